The van der Waals surface area contributed by atoms with Crippen molar-refractivity contribution < 1.29 is 9.53 Å². The minimum absolute atomic E-state index is 0.0111. The Morgan fingerprint density at radius 2 is 1.96 bits per heavy atom. The van der Waals surface area contributed by atoms with Gasteiger partial charge in [-0.15, -0.1) is 11.3 Å². The van der Waals surface area contributed by atoms with Gasteiger partial charge in [0.1, 0.15) is 10.8 Å². The molecule has 0 saturated carbocycles. The summed E-state index contributed by atoms with van der Waals surface area (Å²) in [6.07, 6.45) is 2.34. The van der Waals surface area contributed by atoms with Crippen molar-refractivity contribution in [1.82, 2.24) is 14.9 Å². The number of ether oxygens (including phenoxy) is 1. The van der Waals surface area contributed by atoms with Gasteiger partial charge >= 0.3 is 0 Å². The van der Waals surface area contributed by atoms with Crippen LogP contribution in [0.25, 0.3) is 21.5 Å². The van der Waals surface area contributed by atoms with E-state index in [0.717, 1.165) is 28.6 Å². The summed E-state index contributed by atoms with van der Waals surface area (Å²) < 4.78 is 7.33. The van der Waals surface area contributed by atoms with Gasteiger partial charge in [-0.25, -0.2) is 4.98 Å². The molecule has 0 unspecified atom stereocenters. The summed E-state index contributed by atoms with van der Waals surface area (Å²) in [6.45, 7) is 1.33. The first-order chi connectivity index (χ1) is 13.7. The zero-order valence-electron chi connectivity index (χ0n) is 15.6. The predicted octanol–water partition coefficient (Wildman–Crippen LogP) is 4.13. The van der Waals surface area contributed by atoms with Crippen LogP contribution >= 0.6 is 11.3 Å². The van der Waals surface area contributed by atoms with E-state index in [2.05, 4.69) is 39.3 Å². The molecule has 0 saturated heterocycles. The highest BCUT2D eigenvalue weighted by Crippen LogP contribution is 2.25. The quantitative estimate of drug-likeness (QED) is 0.515. The van der Waals surface area contributed by atoms with Gasteiger partial charge in [-0.2, -0.15) is 0 Å². The highest BCUT2D eigenvalue weighted by molar-refractivity contribution is 7.13. The van der Waals surface area contributed by atoms with E-state index < -0.39 is 0 Å². The van der Waals surface area contributed by atoms with Gasteiger partial charge < -0.3 is 14.6 Å². The number of aromatic nitrogens is 2. The number of methoxy groups -OCH3 is 1. The molecule has 2 heterocycles. The van der Waals surface area contributed by atoms with E-state index in [-0.39, 0.29) is 5.91 Å². The molecule has 1 N–H and O–H groups in total. The van der Waals surface area contributed by atoms with E-state index in [1.807, 2.05) is 41.8 Å². The summed E-state index contributed by atoms with van der Waals surface area (Å²) in [6, 6.07) is 18.1. The fourth-order valence-electron chi connectivity index (χ4n) is 3.13. The Bertz CT molecular complexity index is 1080. The topological polar surface area (TPSA) is 56.1 Å². The lowest BCUT2D eigenvalue weighted by Crippen LogP contribution is -2.28. The van der Waals surface area contributed by atoms with Crippen molar-refractivity contribution >= 4 is 28.1 Å². The monoisotopic (exact) mass is 391 g/mol. The fourth-order valence-corrected chi connectivity index (χ4v) is 3.96. The van der Waals surface area contributed by atoms with E-state index in [1.54, 1.807) is 18.4 Å². The van der Waals surface area contributed by atoms with E-state index in [4.69, 9.17) is 4.74 Å². The van der Waals surface area contributed by atoms with Crippen LogP contribution in [0.4, 0.5) is 0 Å². The third-order valence-electron chi connectivity index (χ3n) is 4.59. The second-order valence-corrected chi connectivity index (χ2v) is 7.33. The maximum atomic E-state index is 12.3. The highest BCUT2D eigenvalue weighted by Gasteiger charge is 2.09. The van der Waals surface area contributed by atoms with Crippen molar-refractivity contribution in [3.05, 3.63) is 71.9 Å². The molecule has 4 aromatic rings. The van der Waals surface area contributed by atoms with Crippen molar-refractivity contribution in [2.24, 2.45) is 0 Å². The van der Waals surface area contributed by atoms with Gasteiger partial charge in [-0.3, -0.25) is 4.79 Å². The summed E-state index contributed by atoms with van der Waals surface area (Å²) in [5.74, 6) is 0.804. The highest BCUT2D eigenvalue weighted by atomic mass is 32.1. The number of hydrogen-bond donors (Lipinski definition) is 1. The Balaban J connectivity index is 1.31. The second kappa shape index (κ2) is 8.27. The molecule has 28 heavy (non-hydrogen) atoms. The number of nitrogens with zero attached hydrogens (tertiary/aromatic N) is 2. The largest absolute Gasteiger partial charge is 0.497 e. The summed E-state index contributed by atoms with van der Waals surface area (Å²) in [7, 11) is 1.65. The number of carbonyl (C=O) groups is 1. The zero-order valence-corrected chi connectivity index (χ0v) is 16.4. The molecule has 0 spiro atoms. The van der Waals surface area contributed by atoms with E-state index in [0.29, 0.717) is 13.0 Å². The standard InChI is InChI=1S/C22H21N3O2S/c1-27-19-8-6-17(7-9-19)22-24-18(15-28-22)14-21(26)23-11-13-25-12-10-16-4-2-3-5-20(16)25/h2-10,12,15H,11,13-14H2,1H3,(H,23,26). The lowest BCUT2D eigenvalue weighted by Gasteiger charge is -2.07. The molecule has 0 aliphatic heterocycles. The molecule has 0 atom stereocenters. The lowest BCUT2D eigenvalue weighted by atomic mass is 10.2. The molecule has 0 aliphatic rings. The molecule has 0 radical (unpaired) electrons. The third kappa shape index (κ3) is 4.07. The van der Waals surface area contributed by atoms with Gasteiger partial charge in [0.05, 0.1) is 19.2 Å². The Morgan fingerprint density at radius 1 is 1.14 bits per heavy atom. The third-order valence-corrected chi connectivity index (χ3v) is 5.53. The first-order valence-electron chi connectivity index (χ1n) is 9.12. The van der Waals surface area contributed by atoms with Gasteiger partial charge in [0.15, 0.2) is 0 Å². The molecule has 0 bridgehead atoms. The summed E-state index contributed by atoms with van der Waals surface area (Å²) in [5, 5.41) is 7.05. The van der Waals surface area contributed by atoms with Crippen molar-refractivity contribution in [2.45, 2.75) is 13.0 Å². The number of para-hydroxylation sites is 1. The van der Waals surface area contributed by atoms with Crippen LogP contribution in [0.1, 0.15) is 5.69 Å². The average molecular weight is 391 g/mol. The Hall–Kier alpha value is -3.12. The van der Waals surface area contributed by atoms with Crippen molar-refractivity contribution in [1.29, 1.82) is 0 Å². The summed E-state index contributed by atoms with van der Waals surface area (Å²) in [4.78, 5) is 16.8. The minimum Gasteiger partial charge on any atom is -0.497 e. The van der Waals surface area contributed by atoms with Crippen molar-refractivity contribution in [2.75, 3.05) is 13.7 Å². The molecule has 142 valence electrons. The van der Waals surface area contributed by atoms with Crippen LogP contribution in [0.15, 0.2) is 66.2 Å². The van der Waals surface area contributed by atoms with Crippen LogP contribution in [0.3, 0.4) is 0 Å². The average Bonchev–Trinajstić information content (AvgIpc) is 3.35. The van der Waals surface area contributed by atoms with Gasteiger partial charge in [-0.05, 0) is 41.8 Å². The lowest BCUT2D eigenvalue weighted by molar-refractivity contribution is -0.120. The molecule has 1 amide bonds. The van der Waals surface area contributed by atoms with Crippen molar-refractivity contribution in [3.63, 3.8) is 0 Å². The molecular formula is C22H21N3O2S. The molecule has 4 rings (SSSR count). The minimum atomic E-state index is -0.0111. The van der Waals surface area contributed by atoms with Gasteiger partial charge in [0, 0.05) is 35.7 Å². The fraction of sp³-hybridized carbons (Fsp3) is 0.182. The molecule has 2 aromatic heterocycles. The number of thiazole rings is 1. The molecule has 0 fully saturated rings. The van der Waals surface area contributed by atoms with Crippen LogP contribution in [0.2, 0.25) is 0 Å². The Kier molecular flexibility index (Phi) is 5.39. The maximum absolute atomic E-state index is 12.3. The molecular weight excluding hydrogens is 370 g/mol. The number of benzene rings is 2. The number of amides is 1. The van der Waals surface area contributed by atoms with E-state index >= 15 is 0 Å². The normalized spacial score (nSPS) is 10.9. The predicted molar refractivity (Wildman–Crippen MR) is 113 cm³/mol. The first kappa shape index (κ1) is 18.3. The van der Waals surface area contributed by atoms with E-state index in [1.165, 1.54) is 10.9 Å². The molecule has 6 heteroatoms. The first-order valence-corrected chi connectivity index (χ1v) is 10.0. The van der Waals surface area contributed by atoms with Crippen LogP contribution in [-0.2, 0) is 17.8 Å². The Labute approximate surface area is 167 Å². The number of nitrogens with one attached hydrogen (secondary N) is 1. The van der Waals surface area contributed by atoms with Crippen LogP contribution < -0.4 is 10.1 Å². The molecule has 2 aromatic carbocycles. The van der Waals surface area contributed by atoms with Gasteiger partial charge in [0.2, 0.25) is 5.91 Å². The number of fused-ring (bicyclic) bond motifs is 1. The van der Waals surface area contributed by atoms with Crippen LogP contribution in [0.5, 0.6) is 5.75 Å². The maximum Gasteiger partial charge on any atom is 0.226 e. The summed E-state index contributed by atoms with van der Waals surface area (Å²) in [5.41, 5.74) is 3.00. The number of carbonyl (C=O) groups excluding carboxylic acids is 1. The Morgan fingerprint density at radius 3 is 2.79 bits per heavy atom. The second-order valence-electron chi connectivity index (χ2n) is 6.47. The zero-order chi connectivity index (χ0) is 19.3. The SMILES string of the molecule is COc1ccc(-c2nc(CC(=O)NCCn3ccc4ccccc43)cs2)cc1. The van der Waals surface area contributed by atoms with Crippen LogP contribution in [-0.4, -0.2) is 29.1 Å². The summed E-state index contributed by atoms with van der Waals surface area (Å²) >= 11 is 1.55. The van der Waals surface area contributed by atoms with Crippen molar-refractivity contribution in [3.8, 4) is 16.3 Å². The van der Waals surface area contributed by atoms with Gasteiger partial charge in [-0.1, -0.05) is 18.2 Å². The number of hydrogen-bond acceptors (Lipinski definition) is 4. The molecule has 5 nitrogen and oxygen atoms in total. The van der Waals surface area contributed by atoms with Crippen LogP contribution in [0, 0.1) is 0 Å². The number of rotatable bonds is 7. The smallest absolute Gasteiger partial charge is 0.226 e. The van der Waals surface area contributed by atoms with E-state index in [9.17, 15) is 4.79 Å². The molecule has 0 aliphatic carbocycles. The van der Waals surface area contributed by atoms with Gasteiger partial charge in [0.25, 0.3) is 0 Å².